The quantitative estimate of drug-likeness (QED) is 0.220. The van der Waals surface area contributed by atoms with E-state index in [1.54, 1.807) is 0 Å². The molecule has 192 valence electrons. The van der Waals surface area contributed by atoms with Crippen molar-refractivity contribution in [2.75, 3.05) is 0 Å². The molecular weight excluding hydrogens is 526 g/mol. The zero-order valence-corrected chi connectivity index (χ0v) is 22.0. The third-order valence-corrected chi connectivity index (χ3v) is 8.25. The van der Waals surface area contributed by atoms with Crippen LogP contribution in [-0.2, 0) is 0 Å². The number of furan rings is 1. The third kappa shape index (κ3) is 3.43. The Morgan fingerprint density at radius 2 is 1.32 bits per heavy atom. The molecule has 9 rings (SSSR count). The number of nitrogens with zero attached hydrogens (tertiary/aromatic N) is 5. The molecule has 0 atom stereocenters. The van der Waals surface area contributed by atoms with E-state index in [-0.39, 0.29) is 35.5 Å². The summed E-state index contributed by atoms with van der Waals surface area (Å²) in [4.78, 5) is 19.4. The van der Waals surface area contributed by atoms with Crippen molar-refractivity contribution in [1.29, 1.82) is 0 Å². The van der Waals surface area contributed by atoms with Gasteiger partial charge in [-0.3, -0.25) is 4.57 Å². The van der Waals surface area contributed by atoms with Crippen LogP contribution < -0.4 is 0 Å². The summed E-state index contributed by atoms with van der Waals surface area (Å²) >= 11 is 1.13. The summed E-state index contributed by atoms with van der Waals surface area (Å²) < 4.78 is 41.7. The molecule has 0 aliphatic carbocycles. The predicted octanol–water partition coefficient (Wildman–Crippen LogP) is 8.81. The number of thiazole rings is 1. The van der Waals surface area contributed by atoms with E-state index in [0.717, 1.165) is 55.1 Å². The molecule has 0 radical (unpaired) electrons. The smallest absolute Gasteiger partial charge is 0.238 e. The van der Waals surface area contributed by atoms with Crippen molar-refractivity contribution in [3.63, 3.8) is 0 Å². The van der Waals surface area contributed by atoms with Gasteiger partial charge in [-0.15, -0.1) is 11.3 Å². The highest BCUT2D eigenvalue weighted by Crippen LogP contribution is 2.35. The number of hydrogen-bond donors (Lipinski definition) is 0. The van der Waals surface area contributed by atoms with Crippen LogP contribution in [-0.4, -0.2) is 24.5 Å². The summed E-state index contributed by atoms with van der Waals surface area (Å²) in [6.45, 7) is 0. The largest absolute Gasteiger partial charge is 0.456 e. The normalized spacial score (nSPS) is 13.3. The van der Waals surface area contributed by atoms with Crippen LogP contribution in [0.15, 0.2) is 120 Å². The zero-order chi connectivity index (χ0) is 30.4. The lowest BCUT2D eigenvalue weighted by Gasteiger charge is -2.09. The Labute approximate surface area is 242 Å². The molecule has 0 unspecified atom stereocenters. The molecule has 0 saturated heterocycles. The topological polar surface area (TPSA) is 69.6 Å². The van der Waals surface area contributed by atoms with Gasteiger partial charge in [0.15, 0.2) is 16.7 Å². The first-order valence-corrected chi connectivity index (χ1v) is 13.8. The molecule has 4 heterocycles. The molecule has 0 bridgehead atoms. The first kappa shape index (κ1) is 18.8. The van der Waals surface area contributed by atoms with Crippen molar-refractivity contribution < 1.29 is 9.90 Å². The number of aromatic nitrogens is 5. The van der Waals surface area contributed by atoms with Gasteiger partial charge in [-0.25, -0.2) is 9.97 Å². The van der Waals surface area contributed by atoms with E-state index in [4.69, 9.17) is 24.9 Å². The first-order chi connectivity index (χ1) is 22.0. The molecule has 0 aliphatic heterocycles. The minimum Gasteiger partial charge on any atom is -0.456 e. The van der Waals surface area contributed by atoms with Crippen molar-refractivity contribution in [2.45, 2.75) is 0 Å². The van der Waals surface area contributed by atoms with Gasteiger partial charge in [0.1, 0.15) is 11.2 Å². The maximum Gasteiger partial charge on any atom is 0.238 e. The van der Waals surface area contributed by atoms with Crippen LogP contribution in [0.1, 0.15) is 5.48 Å². The molecule has 0 saturated carbocycles. The Balaban J connectivity index is 1.34. The Bertz CT molecular complexity index is 2580. The van der Waals surface area contributed by atoms with Crippen molar-refractivity contribution in [1.82, 2.24) is 24.5 Å². The number of benzene rings is 5. The van der Waals surface area contributed by atoms with Gasteiger partial charge in [0.05, 0.1) is 26.7 Å². The Kier molecular flexibility index (Phi) is 3.92. The molecule has 7 heteroatoms. The number of rotatable bonds is 3. The molecule has 0 amide bonds. The number of hydrogen-bond acceptors (Lipinski definition) is 6. The molecule has 0 N–H and O–H groups in total. The van der Waals surface area contributed by atoms with Crippen LogP contribution >= 0.6 is 11.3 Å². The van der Waals surface area contributed by atoms with Gasteiger partial charge in [0.25, 0.3) is 0 Å². The average molecular weight is 550 g/mol. The third-order valence-electron chi connectivity index (χ3n) is 7.28. The van der Waals surface area contributed by atoms with Crippen LogP contribution in [0.25, 0.3) is 82.1 Å². The van der Waals surface area contributed by atoms with Crippen molar-refractivity contribution in [3.05, 3.63) is 115 Å². The second-order valence-electron chi connectivity index (χ2n) is 9.66. The van der Waals surface area contributed by atoms with Crippen molar-refractivity contribution in [3.8, 4) is 28.2 Å². The van der Waals surface area contributed by atoms with Crippen molar-refractivity contribution >= 4 is 65.3 Å². The lowest BCUT2D eigenvalue weighted by atomic mass is 10.1. The zero-order valence-electron chi connectivity index (χ0n) is 25.2. The lowest BCUT2D eigenvalue weighted by molar-refractivity contribution is 0.669. The summed E-state index contributed by atoms with van der Waals surface area (Å²) in [6, 6.07) is 29.0. The molecule has 0 aliphatic rings. The average Bonchev–Trinajstić information content (AvgIpc) is 3.78. The van der Waals surface area contributed by atoms with Crippen molar-refractivity contribution in [2.24, 2.45) is 0 Å². The molecule has 6 nitrogen and oxygen atoms in total. The monoisotopic (exact) mass is 549 g/mol. The molecule has 5 aromatic carbocycles. The first-order valence-electron chi connectivity index (χ1n) is 15.0. The van der Waals surface area contributed by atoms with Gasteiger partial charge in [0, 0.05) is 27.1 Å². The highest BCUT2D eigenvalue weighted by Gasteiger charge is 2.19. The van der Waals surface area contributed by atoms with Crippen LogP contribution in [0.3, 0.4) is 0 Å². The van der Waals surface area contributed by atoms with Crippen LogP contribution in [0.4, 0.5) is 0 Å². The standard InChI is InChI=1S/C34H19N5OS/c1-5-13-26-21(9-1)22-10-2-6-14-27(22)39(26)34-37-31(36-32(38-34)33-35-25-12-4-8-16-30(25)41-33)20-17-18-24-23-11-3-7-15-28(23)40-29(24)19-20/h1-19H/i4D,8D,12D,16D. The fourth-order valence-corrected chi connectivity index (χ4v) is 6.26. The van der Waals surface area contributed by atoms with Gasteiger partial charge in [-0.1, -0.05) is 72.7 Å². The van der Waals surface area contributed by atoms with Crippen LogP contribution in [0.5, 0.6) is 0 Å². The van der Waals surface area contributed by atoms with Gasteiger partial charge in [0.2, 0.25) is 5.95 Å². The molecule has 9 aromatic rings. The van der Waals surface area contributed by atoms with E-state index in [2.05, 4.69) is 17.1 Å². The lowest BCUT2D eigenvalue weighted by Crippen LogP contribution is -2.06. The fraction of sp³-hybridized carbons (Fsp3) is 0. The Morgan fingerprint density at radius 3 is 2.15 bits per heavy atom. The Morgan fingerprint density at radius 1 is 0.634 bits per heavy atom. The molecule has 0 fully saturated rings. The minimum absolute atomic E-state index is 0.137. The maximum atomic E-state index is 8.45. The number of para-hydroxylation sites is 4. The fourth-order valence-electron chi connectivity index (χ4n) is 5.46. The number of fused-ring (bicyclic) bond motifs is 7. The van der Waals surface area contributed by atoms with Gasteiger partial charge < -0.3 is 4.42 Å². The van der Waals surface area contributed by atoms with E-state index in [9.17, 15) is 0 Å². The van der Waals surface area contributed by atoms with Gasteiger partial charge in [-0.05, 0) is 42.4 Å². The molecule has 0 spiro atoms. The van der Waals surface area contributed by atoms with E-state index >= 15 is 0 Å². The SMILES string of the molecule is [2H]c1c([2H])c([2H])c2sc(-c3nc(-c4ccc5c(c4)oc4ccccc45)nc(-n4c5ccccc5c5ccccc54)n3)nc2c1[2H]. The van der Waals surface area contributed by atoms with Gasteiger partial charge >= 0.3 is 0 Å². The van der Waals surface area contributed by atoms with Gasteiger partial charge in [-0.2, -0.15) is 9.97 Å². The summed E-state index contributed by atoms with van der Waals surface area (Å²) in [5.41, 5.74) is 4.26. The minimum atomic E-state index is -0.328. The highest BCUT2D eigenvalue weighted by atomic mass is 32.1. The molecular formula is C34H19N5OS. The predicted molar refractivity (Wildman–Crippen MR) is 165 cm³/mol. The van der Waals surface area contributed by atoms with E-state index in [1.165, 1.54) is 0 Å². The Hall–Kier alpha value is -5.40. The summed E-state index contributed by atoms with van der Waals surface area (Å²) in [5, 5.41) is 4.50. The highest BCUT2D eigenvalue weighted by molar-refractivity contribution is 7.21. The van der Waals surface area contributed by atoms with Crippen LogP contribution in [0, 0.1) is 0 Å². The van der Waals surface area contributed by atoms with E-state index in [0.29, 0.717) is 27.1 Å². The van der Waals surface area contributed by atoms with E-state index in [1.807, 2.05) is 83.4 Å². The maximum absolute atomic E-state index is 8.45. The summed E-state index contributed by atoms with van der Waals surface area (Å²) in [7, 11) is 0. The second kappa shape index (κ2) is 8.55. The summed E-state index contributed by atoms with van der Waals surface area (Å²) in [6.07, 6.45) is 0. The van der Waals surface area contributed by atoms with E-state index < -0.39 is 0 Å². The second-order valence-corrected chi connectivity index (χ2v) is 10.7. The molecule has 4 aromatic heterocycles. The summed E-state index contributed by atoms with van der Waals surface area (Å²) in [5.74, 6) is 1.05. The molecule has 41 heavy (non-hydrogen) atoms. The van der Waals surface area contributed by atoms with Crippen LogP contribution in [0.2, 0.25) is 0 Å².